The third-order valence-corrected chi connectivity index (χ3v) is 4.60. The van der Waals surface area contributed by atoms with Crippen LogP contribution in [0.1, 0.15) is 13.8 Å². The van der Waals surface area contributed by atoms with Gasteiger partial charge in [-0.15, -0.1) is 16.9 Å². The molecule has 0 spiro atoms. The van der Waals surface area contributed by atoms with Crippen molar-refractivity contribution in [3.05, 3.63) is 48.7 Å². The topological polar surface area (TPSA) is 113 Å². The average molecular weight is 382 g/mol. The largest absolute Gasteiger partial charge is 0.326 e. The van der Waals surface area contributed by atoms with Crippen molar-refractivity contribution in [3.8, 4) is 11.5 Å². The summed E-state index contributed by atoms with van der Waals surface area (Å²) in [5, 5.41) is 11.8. The first-order chi connectivity index (χ1) is 13.0. The van der Waals surface area contributed by atoms with Gasteiger partial charge in [0.15, 0.2) is 5.82 Å². The molecule has 0 aliphatic rings. The van der Waals surface area contributed by atoms with E-state index in [4.69, 9.17) is 0 Å². The normalized spacial score (nSPS) is 11.6. The first-order valence-corrected chi connectivity index (χ1v) is 9.08. The highest BCUT2D eigenvalue weighted by atomic mass is 32.2. The van der Waals surface area contributed by atoms with Crippen molar-refractivity contribution >= 4 is 35.2 Å². The summed E-state index contributed by atoms with van der Waals surface area (Å²) in [5.41, 5.74) is 1.36. The van der Waals surface area contributed by atoms with Gasteiger partial charge in [0.1, 0.15) is 5.69 Å². The minimum absolute atomic E-state index is 0.125. The third-order valence-electron chi connectivity index (χ3n) is 3.48. The van der Waals surface area contributed by atoms with Gasteiger partial charge in [-0.1, -0.05) is 6.07 Å². The minimum atomic E-state index is -0.353. The van der Waals surface area contributed by atoms with Gasteiger partial charge in [0, 0.05) is 23.7 Å². The summed E-state index contributed by atoms with van der Waals surface area (Å²) in [6.07, 6.45) is 1.66. The van der Waals surface area contributed by atoms with Crippen LogP contribution in [-0.2, 0) is 9.59 Å². The molecule has 0 saturated heterocycles. The number of thioether (sulfide) groups is 1. The fraction of sp³-hybridized carbons (Fsp3) is 0.167. The zero-order valence-electron chi connectivity index (χ0n) is 14.8. The summed E-state index contributed by atoms with van der Waals surface area (Å²) in [4.78, 5) is 32.8. The molecule has 2 amide bonds. The van der Waals surface area contributed by atoms with E-state index in [1.165, 1.54) is 18.7 Å². The minimum Gasteiger partial charge on any atom is -0.326 e. The van der Waals surface area contributed by atoms with Gasteiger partial charge in [-0.2, -0.15) is 4.98 Å². The van der Waals surface area contributed by atoms with Gasteiger partial charge >= 0.3 is 0 Å². The van der Waals surface area contributed by atoms with Crippen LogP contribution in [0.2, 0.25) is 0 Å². The molecule has 0 saturated carbocycles. The number of carbonyl (C=O) groups excluding carboxylic acids is 2. The summed E-state index contributed by atoms with van der Waals surface area (Å²) in [5.74, 6) is 0.353. The zero-order valence-corrected chi connectivity index (χ0v) is 15.6. The number of hydrogen-bond donors (Lipinski definition) is 3. The summed E-state index contributed by atoms with van der Waals surface area (Å²) >= 11 is 1.40. The number of nitrogens with one attached hydrogen (secondary N) is 3. The average Bonchev–Trinajstić information content (AvgIpc) is 3.12. The van der Waals surface area contributed by atoms with Gasteiger partial charge in [-0.3, -0.25) is 25.0 Å². The predicted molar refractivity (Wildman–Crippen MR) is 104 cm³/mol. The Hall–Kier alpha value is -3.20. The van der Waals surface area contributed by atoms with Crippen LogP contribution in [-0.4, -0.2) is 37.2 Å². The van der Waals surface area contributed by atoms with E-state index in [0.29, 0.717) is 17.2 Å². The number of aromatic amines is 1. The molecule has 9 heteroatoms. The number of aromatic nitrogens is 4. The predicted octanol–water partition coefficient (Wildman–Crippen LogP) is 2.94. The number of carbonyl (C=O) groups is 2. The molecular weight excluding hydrogens is 364 g/mol. The summed E-state index contributed by atoms with van der Waals surface area (Å²) in [7, 11) is 0. The second-order valence-electron chi connectivity index (χ2n) is 5.68. The van der Waals surface area contributed by atoms with E-state index in [1.807, 2.05) is 24.3 Å². The Morgan fingerprint density at radius 2 is 1.89 bits per heavy atom. The zero-order chi connectivity index (χ0) is 19.2. The molecule has 3 N–H and O–H groups in total. The molecule has 1 atom stereocenters. The number of H-pyrrole nitrogens is 1. The van der Waals surface area contributed by atoms with Crippen LogP contribution in [0.25, 0.3) is 11.5 Å². The maximum Gasteiger partial charge on any atom is 0.249 e. The standard InChI is InChI=1S/C18H18N6O2S/c1-11(27-14-8-6-13(7-9-14)20-12(2)25)17(26)22-18-21-16(23-24-18)15-5-3-4-10-19-15/h3-11H,1-2H3,(H,20,25)(H2,21,22,23,24,26). The van der Waals surface area contributed by atoms with Crippen molar-refractivity contribution in [2.45, 2.75) is 24.0 Å². The number of pyridine rings is 1. The number of hydrogen-bond acceptors (Lipinski definition) is 6. The van der Waals surface area contributed by atoms with E-state index in [-0.39, 0.29) is 23.0 Å². The van der Waals surface area contributed by atoms with Gasteiger partial charge in [0.2, 0.25) is 17.8 Å². The van der Waals surface area contributed by atoms with Crippen LogP contribution in [0, 0.1) is 0 Å². The van der Waals surface area contributed by atoms with E-state index >= 15 is 0 Å². The number of rotatable bonds is 6. The Morgan fingerprint density at radius 1 is 1.11 bits per heavy atom. The van der Waals surface area contributed by atoms with Gasteiger partial charge in [-0.25, -0.2) is 0 Å². The molecule has 2 aromatic heterocycles. The van der Waals surface area contributed by atoms with Gasteiger partial charge in [-0.05, 0) is 43.3 Å². The maximum absolute atomic E-state index is 12.4. The van der Waals surface area contributed by atoms with Gasteiger partial charge in [0.05, 0.1) is 5.25 Å². The Bertz CT molecular complexity index is 927. The molecule has 0 radical (unpaired) electrons. The Morgan fingerprint density at radius 3 is 2.56 bits per heavy atom. The summed E-state index contributed by atoms with van der Waals surface area (Å²) < 4.78 is 0. The van der Waals surface area contributed by atoms with Crippen LogP contribution < -0.4 is 10.6 Å². The molecule has 1 unspecified atom stereocenters. The van der Waals surface area contributed by atoms with Gasteiger partial charge < -0.3 is 5.32 Å². The quantitative estimate of drug-likeness (QED) is 0.565. The maximum atomic E-state index is 12.4. The molecule has 2 heterocycles. The second kappa shape index (κ2) is 8.45. The SMILES string of the molecule is CC(=O)Nc1ccc(SC(C)C(=O)Nc2n[nH]c(-c3ccccn3)n2)cc1. The molecule has 0 aliphatic carbocycles. The van der Waals surface area contributed by atoms with Crippen molar-refractivity contribution in [1.29, 1.82) is 0 Å². The Balaban J connectivity index is 1.58. The van der Waals surface area contributed by atoms with Crippen molar-refractivity contribution in [3.63, 3.8) is 0 Å². The highest BCUT2D eigenvalue weighted by molar-refractivity contribution is 8.00. The van der Waals surface area contributed by atoms with Crippen LogP contribution in [0.5, 0.6) is 0 Å². The molecule has 0 aliphatic heterocycles. The van der Waals surface area contributed by atoms with E-state index in [1.54, 1.807) is 31.3 Å². The third kappa shape index (κ3) is 5.14. The van der Waals surface area contributed by atoms with Crippen LogP contribution in [0.4, 0.5) is 11.6 Å². The molecular formula is C18H18N6O2S. The molecule has 0 fully saturated rings. The number of benzene rings is 1. The molecule has 1 aromatic carbocycles. The lowest BCUT2D eigenvalue weighted by Crippen LogP contribution is -2.23. The Labute approximate surface area is 160 Å². The monoisotopic (exact) mass is 382 g/mol. The molecule has 138 valence electrons. The van der Waals surface area contributed by atoms with Crippen molar-refractivity contribution in [2.75, 3.05) is 10.6 Å². The highest BCUT2D eigenvalue weighted by Gasteiger charge is 2.17. The lowest BCUT2D eigenvalue weighted by Gasteiger charge is -2.10. The molecule has 0 bridgehead atoms. The summed E-state index contributed by atoms with van der Waals surface area (Å²) in [6.45, 7) is 3.26. The first-order valence-electron chi connectivity index (χ1n) is 8.20. The van der Waals surface area contributed by atoms with Crippen LogP contribution >= 0.6 is 11.8 Å². The molecule has 27 heavy (non-hydrogen) atoms. The van der Waals surface area contributed by atoms with E-state index in [2.05, 4.69) is 30.8 Å². The molecule has 3 aromatic rings. The first kappa shape index (κ1) is 18.6. The van der Waals surface area contributed by atoms with E-state index in [0.717, 1.165) is 4.90 Å². The number of anilines is 2. The fourth-order valence-electron chi connectivity index (χ4n) is 2.22. The van der Waals surface area contributed by atoms with Crippen LogP contribution in [0.15, 0.2) is 53.6 Å². The number of amides is 2. The molecule has 3 rings (SSSR count). The Kier molecular flexibility index (Phi) is 5.82. The lowest BCUT2D eigenvalue weighted by molar-refractivity contribution is -0.115. The smallest absolute Gasteiger partial charge is 0.249 e. The highest BCUT2D eigenvalue weighted by Crippen LogP contribution is 2.25. The van der Waals surface area contributed by atoms with Crippen molar-refractivity contribution in [1.82, 2.24) is 20.2 Å². The van der Waals surface area contributed by atoms with Crippen molar-refractivity contribution < 1.29 is 9.59 Å². The molecule has 8 nitrogen and oxygen atoms in total. The number of nitrogens with zero attached hydrogens (tertiary/aromatic N) is 3. The fourth-order valence-corrected chi connectivity index (χ4v) is 3.09. The van der Waals surface area contributed by atoms with E-state index < -0.39 is 0 Å². The lowest BCUT2D eigenvalue weighted by atomic mass is 10.3. The van der Waals surface area contributed by atoms with Crippen molar-refractivity contribution in [2.24, 2.45) is 0 Å². The van der Waals surface area contributed by atoms with E-state index in [9.17, 15) is 9.59 Å². The second-order valence-corrected chi connectivity index (χ2v) is 7.09. The van der Waals surface area contributed by atoms with Crippen LogP contribution in [0.3, 0.4) is 0 Å². The van der Waals surface area contributed by atoms with Gasteiger partial charge in [0.25, 0.3) is 0 Å². The summed E-state index contributed by atoms with van der Waals surface area (Å²) in [6, 6.07) is 12.8.